The quantitative estimate of drug-likeness (QED) is 0.383. The summed E-state index contributed by atoms with van der Waals surface area (Å²) < 4.78 is 13.4. The van der Waals surface area contributed by atoms with Crippen molar-refractivity contribution in [3.63, 3.8) is 0 Å². The van der Waals surface area contributed by atoms with E-state index in [0.717, 1.165) is 26.2 Å². The van der Waals surface area contributed by atoms with E-state index < -0.39 is 0 Å². The maximum absolute atomic E-state index is 13.4. The second-order valence-electron chi connectivity index (χ2n) is 6.06. The van der Waals surface area contributed by atoms with Crippen LogP contribution in [0.2, 0.25) is 10.0 Å². The molecule has 0 spiro atoms. The highest BCUT2D eigenvalue weighted by Crippen LogP contribution is 2.42. The average Bonchev–Trinajstić information content (AvgIpc) is 2.94. The fourth-order valence-electron chi connectivity index (χ4n) is 3.01. The second kappa shape index (κ2) is 7.08. The molecule has 3 nitrogen and oxygen atoms in total. The lowest BCUT2D eigenvalue weighted by molar-refractivity contribution is 0.628. The van der Waals surface area contributed by atoms with E-state index in [0.29, 0.717) is 27.4 Å². The van der Waals surface area contributed by atoms with E-state index in [4.69, 9.17) is 23.2 Å². The lowest BCUT2D eigenvalue weighted by Crippen LogP contribution is -1.99. The Balaban J connectivity index is 1.96. The van der Waals surface area contributed by atoms with Crippen molar-refractivity contribution >= 4 is 56.3 Å². The van der Waals surface area contributed by atoms with E-state index in [1.54, 1.807) is 41.7 Å². The maximum atomic E-state index is 13.4. The number of benzene rings is 2. The largest absolute Gasteiger partial charge is 0.337 e. The Morgan fingerprint density at radius 2 is 1.63 bits per heavy atom. The highest BCUT2D eigenvalue weighted by atomic mass is 35.5. The Morgan fingerprint density at radius 1 is 0.963 bits per heavy atom. The molecule has 0 aliphatic rings. The van der Waals surface area contributed by atoms with E-state index in [1.807, 2.05) is 13.8 Å². The molecule has 0 amide bonds. The molecule has 0 atom stereocenters. The number of nitrogens with one attached hydrogen (secondary N) is 1. The third kappa shape index (κ3) is 3.38. The number of anilines is 2. The second-order valence-corrected chi connectivity index (χ2v) is 8.08. The van der Waals surface area contributed by atoms with Crippen LogP contribution < -0.4 is 5.32 Å². The highest BCUT2D eigenvalue weighted by molar-refractivity contribution is 7.19. The molecule has 2 aromatic heterocycles. The molecule has 0 radical (unpaired) electrons. The molecule has 7 heteroatoms. The molecule has 0 aliphatic heterocycles. The summed E-state index contributed by atoms with van der Waals surface area (Å²) in [6, 6.07) is 11.7. The molecule has 27 heavy (non-hydrogen) atoms. The molecule has 136 valence electrons. The third-order valence-corrected chi connectivity index (χ3v) is 5.81. The van der Waals surface area contributed by atoms with Gasteiger partial charge in [0.1, 0.15) is 22.3 Å². The lowest BCUT2D eigenvalue weighted by atomic mass is 10.0. The number of thiophene rings is 1. The lowest BCUT2D eigenvalue weighted by Gasteiger charge is -2.12. The molecule has 0 saturated carbocycles. The van der Waals surface area contributed by atoms with Crippen LogP contribution in [0.4, 0.5) is 15.9 Å². The average molecular weight is 418 g/mol. The van der Waals surface area contributed by atoms with Crippen molar-refractivity contribution in [1.29, 1.82) is 0 Å². The topological polar surface area (TPSA) is 37.8 Å². The van der Waals surface area contributed by atoms with Crippen molar-refractivity contribution in [2.24, 2.45) is 0 Å². The number of aromatic nitrogens is 2. The van der Waals surface area contributed by atoms with Gasteiger partial charge in [-0.2, -0.15) is 0 Å². The fraction of sp³-hybridized carbons (Fsp3) is 0.100. The first-order chi connectivity index (χ1) is 12.9. The number of hydrogen-bond acceptors (Lipinski definition) is 4. The van der Waals surface area contributed by atoms with Gasteiger partial charge in [0.2, 0.25) is 0 Å². The molecular weight excluding hydrogens is 404 g/mol. The van der Waals surface area contributed by atoms with Gasteiger partial charge < -0.3 is 5.32 Å². The smallest absolute Gasteiger partial charge is 0.143 e. The summed E-state index contributed by atoms with van der Waals surface area (Å²) in [5, 5.41) is 5.15. The van der Waals surface area contributed by atoms with Crippen molar-refractivity contribution < 1.29 is 4.39 Å². The SMILES string of the molecule is Cc1nc(Nc2c(Cl)cccc2Cl)c2c(-c3ccc(F)cc3)c(C)sc2n1. The standard InChI is InChI=1S/C20H14Cl2FN3S/c1-10-16(12-6-8-13(23)9-7-12)17-19(24-11(2)25-20(17)27-10)26-18-14(21)4-3-5-15(18)22/h3-9H,1-2H3,(H,24,25,26). The Morgan fingerprint density at radius 3 is 2.30 bits per heavy atom. The number of aryl methyl sites for hydroxylation is 2. The predicted octanol–water partition coefficient (Wildman–Crippen LogP) is 7.16. The molecule has 0 aliphatic carbocycles. The number of rotatable bonds is 3. The van der Waals surface area contributed by atoms with Crippen molar-refractivity contribution in [3.8, 4) is 11.1 Å². The molecule has 2 aromatic carbocycles. The third-order valence-electron chi connectivity index (χ3n) is 4.18. The number of fused-ring (bicyclic) bond motifs is 1. The number of hydrogen-bond donors (Lipinski definition) is 1. The van der Waals surface area contributed by atoms with Gasteiger partial charge in [-0.15, -0.1) is 11.3 Å². The first kappa shape index (κ1) is 18.2. The molecule has 4 aromatic rings. The van der Waals surface area contributed by atoms with Gasteiger partial charge in [0.05, 0.1) is 21.1 Å². The summed E-state index contributed by atoms with van der Waals surface area (Å²) >= 11 is 14.2. The van der Waals surface area contributed by atoms with Crippen LogP contribution in [0.1, 0.15) is 10.7 Å². The van der Waals surface area contributed by atoms with Crippen LogP contribution >= 0.6 is 34.5 Å². The summed E-state index contributed by atoms with van der Waals surface area (Å²) in [4.78, 5) is 11.1. The van der Waals surface area contributed by atoms with Crippen molar-refractivity contribution in [2.75, 3.05) is 5.32 Å². The zero-order valence-corrected chi connectivity index (χ0v) is 16.8. The van der Waals surface area contributed by atoms with E-state index in [1.165, 1.54) is 12.1 Å². The number of para-hydroxylation sites is 1. The van der Waals surface area contributed by atoms with Gasteiger partial charge in [0, 0.05) is 10.4 Å². The normalized spacial score (nSPS) is 11.1. The van der Waals surface area contributed by atoms with Crippen LogP contribution in [0.25, 0.3) is 21.3 Å². The van der Waals surface area contributed by atoms with E-state index in [-0.39, 0.29) is 5.82 Å². The molecular formula is C20H14Cl2FN3S. The van der Waals surface area contributed by atoms with E-state index >= 15 is 0 Å². The van der Waals surface area contributed by atoms with Gasteiger partial charge in [-0.25, -0.2) is 14.4 Å². The Bertz CT molecular complexity index is 1140. The van der Waals surface area contributed by atoms with Crippen LogP contribution in [-0.4, -0.2) is 9.97 Å². The van der Waals surface area contributed by atoms with Gasteiger partial charge in [-0.05, 0) is 43.7 Å². The molecule has 0 bridgehead atoms. The van der Waals surface area contributed by atoms with Gasteiger partial charge >= 0.3 is 0 Å². The first-order valence-corrected chi connectivity index (χ1v) is 9.76. The van der Waals surface area contributed by atoms with Crippen LogP contribution in [0.15, 0.2) is 42.5 Å². The zero-order valence-electron chi connectivity index (χ0n) is 14.5. The summed E-state index contributed by atoms with van der Waals surface area (Å²) in [5.41, 5.74) is 2.47. The summed E-state index contributed by atoms with van der Waals surface area (Å²) in [7, 11) is 0. The summed E-state index contributed by atoms with van der Waals surface area (Å²) in [6.07, 6.45) is 0. The highest BCUT2D eigenvalue weighted by Gasteiger charge is 2.19. The van der Waals surface area contributed by atoms with Crippen LogP contribution in [0.3, 0.4) is 0 Å². The number of halogens is 3. The Hall–Kier alpha value is -2.21. The van der Waals surface area contributed by atoms with Crippen LogP contribution in [-0.2, 0) is 0 Å². The van der Waals surface area contributed by atoms with E-state index in [9.17, 15) is 4.39 Å². The van der Waals surface area contributed by atoms with Gasteiger partial charge in [0.15, 0.2) is 0 Å². The van der Waals surface area contributed by atoms with Gasteiger partial charge in [-0.3, -0.25) is 0 Å². The Labute approximate surface area is 169 Å². The minimum absolute atomic E-state index is 0.274. The number of nitrogens with zero attached hydrogens (tertiary/aromatic N) is 2. The van der Waals surface area contributed by atoms with Crippen LogP contribution in [0, 0.1) is 19.7 Å². The zero-order chi connectivity index (χ0) is 19.1. The predicted molar refractivity (Wildman–Crippen MR) is 112 cm³/mol. The van der Waals surface area contributed by atoms with Gasteiger partial charge in [0.25, 0.3) is 0 Å². The maximum Gasteiger partial charge on any atom is 0.143 e. The monoisotopic (exact) mass is 417 g/mol. The van der Waals surface area contributed by atoms with Crippen molar-refractivity contribution in [3.05, 3.63) is 69.0 Å². The molecule has 0 fully saturated rings. The molecule has 0 saturated heterocycles. The molecule has 2 heterocycles. The Kier molecular flexibility index (Phi) is 4.76. The van der Waals surface area contributed by atoms with Crippen molar-refractivity contribution in [2.45, 2.75) is 13.8 Å². The summed E-state index contributed by atoms with van der Waals surface area (Å²) in [5.74, 6) is 0.987. The fourth-order valence-corrected chi connectivity index (χ4v) is 4.59. The summed E-state index contributed by atoms with van der Waals surface area (Å²) in [6.45, 7) is 3.86. The minimum atomic E-state index is -0.274. The molecule has 0 unspecified atom stereocenters. The van der Waals surface area contributed by atoms with Gasteiger partial charge in [-0.1, -0.05) is 41.4 Å². The first-order valence-electron chi connectivity index (χ1n) is 8.19. The van der Waals surface area contributed by atoms with Crippen LogP contribution in [0.5, 0.6) is 0 Å². The minimum Gasteiger partial charge on any atom is -0.337 e. The molecule has 1 N–H and O–H groups in total. The molecule has 4 rings (SSSR count). The van der Waals surface area contributed by atoms with E-state index in [2.05, 4.69) is 15.3 Å². The van der Waals surface area contributed by atoms with Crippen molar-refractivity contribution in [1.82, 2.24) is 9.97 Å².